The van der Waals surface area contributed by atoms with E-state index in [2.05, 4.69) is 15.4 Å². The van der Waals surface area contributed by atoms with Gasteiger partial charge in [-0.2, -0.15) is 10.1 Å². The Morgan fingerprint density at radius 1 is 1.24 bits per heavy atom. The quantitative estimate of drug-likeness (QED) is 0.773. The highest BCUT2D eigenvalue weighted by Crippen LogP contribution is 2.23. The second-order valence-electron chi connectivity index (χ2n) is 5.47. The zero-order chi connectivity index (χ0) is 17.8. The fourth-order valence-electron chi connectivity index (χ4n) is 2.38. The summed E-state index contributed by atoms with van der Waals surface area (Å²) < 4.78 is 20.5. The van der Waals surface area contributed by atoms with E-state index >= 15 is 0 Å². The Morgan fingerprint density at radius 2 is 2.04 bits per heavy atom. The molecule has 0 saturated heterocycles. The third-order valence-electron chi connectivity index (χ3n) is 3.73. The van der Waals surface area contributed by atoms with E-state index in [4.69, 9.17) is 4.74 Å². The first kappa shape index (κ1) is 16.6. The molecule has 6 nitrogen and oxygen atoms in total. The van der Waals surface area contributed by atoms with Gasteiger partial charge in [0.2, 0.25) is 5.95 Å². The maximum Gasteiger partial charge on any atom is 0.293 e. The van der Waals surface area contributed by atoms with Crippen molar-refractivity contribution < 1.29 is 9.13 Å². The van der Waals surface area contributed by atoms with Gasteiger partial charge in [-0.05, 0) is 36.8 Å². The van der Waals surface area contributed by atoms with Crippen LogP contribution in [0, 0.1) is 12.7 Å². The van der Waals surface area contributed by atoms with Gasteiger partial charge in [0.15, 0.2) is 0 Å². The first-order chi connectivity index (χ1) is 12.1. The van der Waals surface area contributed by atoms with E-state index in [9.17, 15) is 9.18 Å². The number of hydrogen-bond donors (Lipinski definition) is 1. The highest BCUT2D eigenvalue weighted by atomic mass is 19.1. The van der Waals surface area contributed by atoms with Gasteiger partial charge in [0.1, 0.15) is 17.8 Å². The van der Waals surface area contributed by atoms with Crippen LogP contribution in [0.5, 0.6) is 5.75 Å². The molecule has 1 aromatic heterocycles. The topological polar surface area (TPSA) is 69.0 Å². The van der Waals surface area contributed by atoms with Crippen LogP contribution in [0.1, 0.15) is 11.1 Å². The monoisotopic (exact) mass is 340 g/mol. The molecule has 0 spiro atoms. The zero-order valence-electron chi connectivity index (χ0n) is 13.9. The molecule has 128 valence electrons. The van der Waals surface area contributed by atoms with Crippen molar-refractivity contribution in [2.24, 2.45) is 0 Å². The van der Waals surface area contributed by atoms with Gasteiger partial charge in [-0.25, -0.2) is 9.07 Å². The maximum absolute atomic E-state index is 13.9. The number of anilines is 2. The molecule has 25 heavy (non-hydrogen) atoms. The molecule has 0 amide bonds. The Hall–Kier alpha value is -3.22. The van der Waals surface area contributed by atoms with Gasteiger partial charge in [-0.15, -0.1) is 0 Å². The van der Waals surface area contributed by atoms with Crippen LogP contribution in [0.25, 0.3) is 0 Å². The molecular weight excluding hydrogens is 323 g/mol. The van der Waals surface area contributed by atoms with Crippen LogP contribution in [0.3, 0.4) is 0 Å². The number of halogens is 1. The molecule has 0 atom stereocenters. The predicted octanol–water partition coefficient (Wildman–Crippen LogP) is 2.89. The van der Waals surface area contributed by atoms with Crippen molar-refractivity contribution in [3.63, 3.8) is 0 Å². The lowest BCUT2D eigenvalue weighted by Crippen LogP contribution is -2.19. The molecule has 0 unspecified atom stereocenters. The molecule has 2 aromatic carbocycles. The number of aromatic nitrogens is 3. The first-order valence-electron chi connectivity index (χ1n) is 7.66. The summed E-state index contributed by atoms with van der Waals surface area (Å²) >= 11 is 0. The number of rotatable bonds is 5. The Kier molecular flexibility index (Phi) is 4.74. The van der Waals surface area contributed by atoms with Crippen molar-refractivity contribution in [1.82, 2.24) is 14.8 Å². The minimum absolute atomic E-state index is 0.150. The summed E-state index contributed by atoms with van der Waals surface area (Å²) in [5.41, 5.74) is 1.64. The summed E-state index contributed by atoms with van der Waals surface area (Å²) in [5, 5.41) is 7.15. The predicted molar refractivity (Wildman–Crippen MR) is 92.8 cm³/mol. The van der Waals surface area contributed by atoms with E-state index in [0.29, 0.717) is 5.56 Å². The number of nitrogens with one attached hydrogen (secondary N) is 1. The summed E-state index contributed by atoms with van der Waals surface area (Å²) in [6.45, 7) is 2.05. The highest BCUT2D eigenvalue weighted by molar-refractivity contribution is 5.59. The zero-order valence-corrected chi connectivity index (χ0v) is 13.9. The largest absolute Gasteiger partial charge is 0.497 e. The van der Waals surface area contributed by atoms with E-state index in [0.717, 1.165) is 23.2 Å². The molecule has 0 saturated carbocycles. The molecule has 1 heterocycles. The molecule has 0 aliphatic rings. The van der Waals surface area contributed by atoms with Crippen LogP contribution in [0.2, 0.25) is 0 Å². The lowest BCUT2D eigenvalue weighted by Gasteiger charge is -2.14. The third-order valence-corrected chi connectivity index (χ3v) is 3.73. The highest BCUT2D eigenvalue weighted by Gasteiger charge is 2.10. The van der Waals surface area contributed by atoms with Crippen LogP contribution in [-0.2, 0) is 6.54 Å². The Labute approximate surface area is 143 Å². The average Bonchev–Trinajstić information content (AvgIpc) is 2.60. The Bertz CT molecular complexity index is 956. The summed E-state index contributed by atoms with van der Waals surface area (Å²) in [6.07, 6.45) is 1.10. The molecule has 0 fully saturated rings. The average molecular weight is 340 g/mol. The summed E-state index contributed by atoms with van der Waals surface area (Å²) in [6, 6.07) is 11.9. The molecule has 7 heteroatoms. The Morgan fingerprint density at radius 3 is 2.76 bits per heavy atom. The fourth-order valence-corrected chi connectivity index (χ4v) is 2.38. The minimum Gasteiger partial charge on any atom is -0.497 e. The van der Waals surface area contributed by atoms with Crippen LogP contribution in [0.15, 0.2) is 53.5 Å². The number of methoxy groups -OCH3 is 1. The summed E-state index contributed by atoms with van der Waals surface area (Å²) in [5.74, 6) is 0.629. The number of hydrogen-bond acceptors (Lipinski definition) is 5. The molecule has 0 radical (unpaired) electrons. The number of benzene rings is 2. The number of ether oxygens (including phenoxy) is 1. The smallest absolute Gasteiger partial charge is 0.293 e. The second kappa shape index (κ2) is 7.12. The van der Waals surface area contributed by atoms with Gasteiger partial charge in [0, 0.05) is 11.3 Å². The van der Waals surface area contributed by atoms with E-state index in [-0.39, 0.29) is 18.3 Å². The van der Waals surface area contributed by atoms with Gasteiger partial charge < -0.3 is 10.1 Å². The second-order valence-corrected chi connectivity index (χ2v) is 5.47. The SMILES string of the molecule is COc1ccc(Nc2nc(=O)cnn2Cc2ccccc2F)c(C)c1. The Balaban J connectivity index is 1.95. The van der Waals surface area contributed by atoms with Crippen LogP contribution >= 0.6 is 0 Å². The van der Waals surface area contributed by atoms with Gasteiger partial charge in [0.25, 0.3) is 5.56 Å². The minimum atomic E-state index is -0.474. The normalized spacial score (nSPS) is 10.5. The van der Waals surface area contributed by atoms with Gasteiger partial charge in [-0.1, -0.05) is 18.2 Å². The van der Waals surface area contributed by atoms with Crippen LogP contribution in [-0.4, -0.2) is 21.9 Å². The van der Waals surface area contributed by atoms with Crippen molar-refractivity contribution in [2.75, 3.05) is 12.4 Å². The van der Waals surface area contributed by atoms with Crippen LogP contribution in [0.4, 0.5) is 16.0 Å². The van der Waals surface area contributed by atoms with E-state index in [1.165, 1.54) is 10.7 Å². The standard InChI is InChI=1S/C18H17FN4O2/c1-12-9-14(25-2)7-8-16(12)21-18-22-17(24)10-20-23(18)11-13-5-3-4-6-15(13)19/h3-10H,11H2,1-2H3,(H,21,22,24). The van der Waals surface area contributed by atoms with E-state index < -0.39 is 5.56 Å². The first-order valence-corrected chi connectivity index (χ1v) is 7.66. The molecule has 0 aliphatic heterocycles. The van der Waals surface area contributed by atoms with Crippen molar-refractivity contribution in [2.45, 2.75) is 13.5 Å². The third kappa shape index (κ3) is 3.82. The van der Waals surface area contributed by atoms with E-state index in [1.807, 2.05) is 19.1 Å². The molecule has 3 aromatic rings. The van der Waals surface area contributed by atoms with Gasteiger partial charge in [-0.3, -0.25) is 4.79 Å². The van der Waals surface area contributed by atoms with Crippen molar-refractivity contribution in [3.8, 4) is 5.75 Å². The lowest BCUT2D eigenvalue weighted by atomic mass is 10.2. The maximum atomic E-state index is 13.9. The van der Waals surface area contributed by atoms with Crippen molar-refractivity contribution in [1.29, 1.82) is 0 Å². The van der Waals surface area contributed by atoms with Gasteiger partial charge >= 0.3 is 0 Å². The van der Waals surface area contributed by atoms with Gasteiger partial charge in [0.05, 0.1) is 13.7 Å². The van der Waals surface area contributed by atoms with E-state index in [1.54, 1.807) is 31.4 Å². The molecule has 0 bridgehead atoms. The summed E-state index contributed by atoms with van der Waals surface area (Å²) in [4.78, 5) is 15.6. The molecular formula is C18H17FN4O2. The van der Waals surface area contributed by atoms with Crippen molar-refractivity contribution in [3.05, 3.63) is 76.0 Å². The molecule has 0 aliphatic carbocycles. The molecule has 3 rings (SSSR count). The number of aryl methyl sites for hydroxylation is 1. The van der Waals surface area contributed by atoms with Crippen molar-refractivity contribution >= 4 is 11.6 Å². The van der Waals surface area contributed by atoms with Crippen LogP contribution < -0.4 is 15.6 Å². The lowest BCUT2D eigenvalue weighted by molar-refractivity contribution is 0.414. The summed E-state index contributed by atoms with van der Waals surface area (Å²) in [7, 11) is 1.59. The fraction of sp³-hybridized carbons (Fsp3) is 0.167. The molecule has 1 N–H and O–H groups in total. The number of nitrogens with zero attached hydrogens (tertiary/aromatic N) is 3.